The molecular formula is C17H12ClNO4S. The van der Waals surface area contributed by atoms with E-state index in [4.69, 9.17) is 21.1 Å². The van der Waals surface area contributed by atoms with Gasteiger partial charge in [0.2, 0.25) is 9.84 Å². The van der Waals surface area contributed by atoms with Gasteiger partial charge in [-0.1, -0.05) is 17.7 Å². The zero-order valence-electron chi connectivity index (χ0n) is 12.4. The molecule has 0 bridgehead atoms. The van der Waals surface area contributed by atoms with Crippen LogP contribution < -0.4 is 9.47 Å². The van der Waals surface area contributed by atoms with Gasteiger partial charge in [0.05, 0.1) is 4.90 Å². The fourth-order valence-electron chi connectivity index (χ4n) is 2.21. The Balaban J connectivity index is 2.00. The van der Waals surface area contributed by atoms with Gasteiger partial charge in [-0.25, -0.2) is 8.42 Å². The Bertz CT molecular complexity index is 944. The first-order valence-electron chi connectivity index (χ1n) is 7.03. The number of sulfone groups is 1. The molecule has 0 spiro atoms. The molecule has 2 aromatic carbocycles. The van der Waals surface area contributed by atoms with Crippen LogP contribution in [-0.4, -0.2) is 21.6 Å². The van der Waals surface area contributed by atoms with Gasteiger partial charge in [-0.2, -0.15) is 5.26 Å². The van der Waals surface area contributed by atoms with E-state index < -0.39 is 9.84 Å². The van der Waals surface area contributed by atoms with Crippen LogP contribution in [0, 0.1) is 11.3 Å². The number of rotatable bonds is 3. The lowest BCUT2D eigenvalue weighted by Crippen LogP contribution is -2.15. The molecule has 7 heteroatoms. The quantitative estimate of drug-likeness (QED) is 0.782. The summed E-state index contributed by atoms with van der Waals surface area (Å²) in [5.74, 6) is 1.12. The van der Waals surface area contributed by atoms with Crippen LogP contribution in [0.2, 0.25) is 5.02 Å². The zero-order chi connectivity index (χ0) is 17.2. The third kappa shape index (κ3) is 3.23. The number of fused-ring (bicyclic) bond motifs is 1. The maximum absolute atomic E-state index is 12.6. The van der Waals surface area contributed by atoms with E-state index in [1.165, 1.54) is 30.3 Å². The van der Waals surface area contributed by atoms with Crippen molar-refractivity contribution in [2.24, 2.45) is 0 Å². The molecule has 1 heterocycles. The van der Waals surface area contributed by atoms with Gasteiger partial charge in [0.1, 0.15) is 24.2 Å². The smallest absolute Gasteiger partial charge is 0.216 e. The van der Waals surface area contributed by atoms with E-state index in [2.05, 4.69) is 0 Å². The molecule has 5 nitrogen and oxygen atoms in total. The minimum Gasteiger partial charge on any atom is -0.486 e. The summed E-state index contributed by atoms with van der Waals surface area (Å²) in [6.45, 7) is 0.894. The number of benzene rings is 2. The van der Waals surface area contributed by atoms with Crippen molar-refractivity contribution in [2.75, 3.05) is 13.2 Å². The van der Waals surface area contributed by atoms with Gasteiger partial charge in [0, 0.05) is 5.02 Å². The van der Waals surface area contributed by atoms with E-state index in [-0.39, 0.29) is 9.80 Å². The van der Waals surface area contributed by atoms with E-state index in [1.54, 1.807) is 24.3 Å². The van der Waals surface area contributed by atoms with Crippen LogP contribution in [0.1, 0.15) is 5.56 Å². The van der Waals surface area contributed by atoms with Crippen molar-refractivity contribution in [3.63, 3.8) is 0 Å². The Morgan fingerprint density at radius 2 is 1.75 bits per heavy atom. The minimum atomic E-state index is -3.92. The third-order valence-electron chi connectivity index (χ3n) is 3.39. The van der Waals surface area contributed by atoms with Gasteiger partial charge in [-0.3, -0.25) is 0 Å². The number of ether oxygens (including phenoxy) is 2. The molecule has 122 valence electrons. The maximum Gasteiger partial charge on any atom is 0.216 e. The molecule has 24 heavy (non-hydrogen) atoms. The fourth-order valence-corrected chi connectivity index (χ4v) is 3.50. The molecular weight excluding hydrogens is 350 g/mol. The molecule has 0 aliphatic carbocycles. The summed E-state index contributed by atoms with van der Waals surface area (Å²) < 4.78 is 36.0. The fraction of sp³-hybridized carbons (Fsp3) is 0.118. The van der Waals surface area contributed by atoms with Gasteiger partial charge in [-0.05, 0) is 48.0 Å². The number of allylic oxidation sites excluding steroid dienone is 1. The van der Waals surface area contributed by atoms with Crippen LogP contribution in [0.4, 0.5) is 0 Å². The van der Waals surface area contributed by atoms with Crippen molar-refractivity contribution in [3.05, 3.63) is 58.0 Å². The predicted octanol–water partition coefficient (Wildman–Crippen LogP) is 3.45. The molecule has 3 rings (SSSR count). The van der Waals surface area contributed by atoms with E-state index >= 15 is 0 Å². The van der Waals surface area contributed by atoms with Crippen molar-refractivity contribution >= 4 is 27.5 Å². The molecule has 0 amide bonds. The standard InChI is InChI=1S/C17H12ClNO4S/c18-13-2-4-14(5-3-13)24(20,21)15(11-19)9-12-1-6-16-17(10-12)23-8-7-22-16/h1-6,9-10H,7-8H2/b15-9-. The SMILES string of the molecule is N#C/C(=C/c1ccc2c(c1)OCCO2)S(=O)(=O)c1ccc(Cl)cc1. The van der Waals surface area contributed by atoms with Gasteiger partial charge in [0.25, 0.3) is 0 Å². The largest absolute Gasteiger partial charge is 0.486 e. The topological polar surface area (TPSA) is 76.4 Å². The summed E-state index contributed by atoms with van der Waals surface area (Å²) in [4.78, 5) is -0.348. The zero-order valence-corrected chi connectivity index (χ0v) is 14.0. The normalized spacial score (nSPS) is 14.1. The molecule has 1 aliphatic rings. The second kappa shape index (κ2) is 6.56. The molecule has 0 aromatic heterocycles. The van der Waals surface area contributed by atoms with E-state index in [1.807, 2.05) is 0 Å². The monoisotopic (exact) mass is 361 g/mol. The minimum absolute atomic E-state index is 0.0113. The average molecular weight is 362 g/mol. The Morgan fingerprint density at radius 1 is 1.08 bits per heavy atom. The van der Waals surface area contributed by atoms with E-state index in [9.17, 15) is 13.7 Å². The summed E-state index contributed by atoms with van der Waals surface area (Å²) in [7, 11) is -3.92. The first kappa shape index (κ1) is 16.4. The van der Waals surface area contributed by atoms with Crippen LogP contribution in [0.5, 0.6) is 11.5 Å². The molecule has 2 aromatic rings. The summed E-state index contributed by atoms with van der Waals surface area (Å²) in [6, 6.07) is 12.4. The van der Waals surface area contributed by atoms with Gasteiger partial charge >= 0.3 is 0 Å². The molecule has 0 unspecified atom stereocenters. The highest BCUT2D eigenvalue weighted by molar-refractivity contribution is 7.95. The van der Waals surface area contributed by atoms with Crippen LogP contribution in [0.25, 0.3) is 6.08 Å². The highest BCUT2D eigenvalue weighted by atomic mass is 35.5. The van der Waals surface area contributed by atoms with Gasteiger partial charge < -0.3 is 9.47 Å². The molecule has 0 N–H and O–H groups in total. The number of halogens is 1. The first-order chi connectivity index (χ1) is 11.5. The van der Waals surface area contributed by atoms with Crippen LogP contribution in [-0.2, 0) is 9.84 Å². The summed E-state index contributed by atoms with van der Waals surface area (Å²) in [5, 5.41) is 9.72. The summed E-state index contributed by atoms with van der Waals surface area (Å²) in [5.41, 5.74) is 0.535. The van der Waals surface area contributed by atoms with E-state index in [0.29, 0.717) is 35.3 Å². The lowest BCUT2D eigenvalue weighted by atomic mass is 10.2. The van der Waals surface area contributed by atoms with Crippen LogP contribution in [0.3, 0.4) is 0 Å². The van der Waals surface area contributed by atoms with Gasteiger partial charge in [-0.15, -0.1) is 0 Å². The highest BCUT2D eigenvalue weighted by Crippen LogP contribution is 2.32. The van der Waals surface area contributed by atoms with Crippen LogP contribution >= 0.6 is 11.6 Å². The van der Waals surface area contributed by atoms with Crippen molar-refractivity contribution < 1.29 is 17.9 Å². The molecule has 0 radical (unpaired) electrons. The first-order valence-corrected chi connectivity index (χ1v) is 8.89. The second-order valence-corrected chi connectivity index (χ2v) is 7.34. The summed E-state index contributed by atoms with van der Waals surface area (Å²) >= 11 is 5.77. The molecule has 0 saturated carbocycles. The maximum atomic E-state index is 12.6. The summed E-state index contributed by atoms with van der Waals surface area (Å²) in [6.07, 6.45) is 1.31. The lowest BCUT2D eigenvalue weighted by molar-refractivity contribution is 0.171. The van der Waals surface area contributed by atoms with Crippen molar-refractivity contribution in [3.8, 4) is 17.6 Å². The number of nitriles is 1. The van der Waals surface area contributed by atoms with Crippen molar-refractivity contribution in [1.82, 2.24) is 0 Å². The van der Waals surface area contributed by atoms with E-state index in [0.717, 1.165) is 0 Å². The Kier molecular flexibility index (Phi) is 4.47. The lowest BCUT2D eigenvalue weighted by Gasteiger charge is -2.18. The molecule has 0 atom stereocenters. The molecule has 1 aliphatic heterocycles. The highest BCUT2D eigenvalue weighted by Gasteiger charge is 2.21. The van der Waals surface area contributed by atoms with Crippen LogP contribution in [0.15, 0.2) is 52.3 Å². The third-order valence-corrected chi connectivity index (χ3v) is 5.32. The second-order valence-electron chi connectivity index (χ2n) is 4.98. The number of nitrogens with zero attached hydrogens (tertiary/aromatic N) is 1. The van der Waals surface area contributed by atoms with Crippen molar-refractivity contribution in [1.29, 1.82) is 5.26 Å². The average Bonchev–Trinajstić information content (AvgIpc) is 2.59. The molecule has 0 saturated heterocycles. The Labute approximate surface area is 144 Å². The molecule has 0 fully saturated rings. The number of hydrogen-bond donors (Lipinski definition) is 0. The van der Waals surface area contributed by atoms with Gasteiger partial charge in [0.15, 0.2) is 11.5 Å². The Morgan fingerprint density at radius 3 is 2.42 bits per heavy atom. The Hall–Kier alpha value is -2.49. The van der Waals surface area contributed by atoms with Crippen molar-refractivity contribution in [2.45, 2.75) is 4.90 Å². The number of hydrogen-bond acceptors (Lipinski definition) is 5. The predicted molar refractivity (Wildman–Crippen MR) is 89.7 cm³/mol.